The Bertz CT molecular complexity index is 300. The van der Waals surface area contributed by atoms with E-state index >= 15 is 0 Å². The molecule has 0 N–H and O–H groups in total. The summed E-state index contributed by atoms with van der Waals surface area (Å²) in [7, 11) is 1.49. The lowest BCUT2D eigenvalue weighted by Gasteiger charge is -2.04. The Kier molecular flexibility index (Phi) is 2.13. The first kappa shape index (κ1) is 8.71. The van der Waals surface area contributed by atoms with Gasteiger partial charge in [-0.1, -0.05) is 12.2 Å². The third kappa shape index (κ3) is 1.07. The number of hydrogen-bond donors (Lipinski definition) is 0. The normalized spacial score (nSPS) is 18.8. The average molecular weight is 165 g/mol. The quantitative estimate of drug-likeness (QED) is 0.541. The predicted octanol–water partition coefficient (Wildman–Crippen LogP) is 0.878. The van der Waals surface area contributed by atoms with Crippen molar-refractivity contribution >= 4 is 11.8 Å². The van der Waals surface area contributed by atoms with Gasteiger partial charge in [-0.3, -0.25) is 14.5 Å². The zero-order chi connectivity index (χ0) is 9.30. The van der Waals surface area contributed by atoms with Crippen molar-refractivity contribution in [1.82, 2.24) is 4.90 Å². The molecule has 64 valence electrons. The van der Waals surface area contributed by atoms with Crippen molar-refractivity contribution in [1.29, 1.82) is 0 Å². The smallest absolute Gasteiger partial charge is 0.260 e. The standard InChI is InChI=1S/C9H11NO2/c1-4-5-7-6(2)8(11)10(3)9(7)12/h4-5H,1-3H3. The van der Waals surface area contributed by atoms with Gasteiger partial charge in [-0.15, -0.1) is 0 Å². The molecule has 0 spiro atoms. The van der Waals surface area contributed by atoms with Crippen molar-refractivity contribution in [2.45, 2.75) is 13.8 Å². The van der Waals surface area contributed by atoms with Crippen molar-refractivity contribution in [2.24, 2.45) is 0 Å². The Morgan fingerprint density at radius 1 is 1.25 bits per heavy atom. The van der Waals surface area contributed by atoms with E-state index < -0.39 is 0 Å². The van der Waals surface area contributed by atoms with E-state index in [9.17, 15) is 9.59 Å². The highest BCUT2D eigenvalue weighted by atomic mass is 16.2. The van der Waals surface area contributed by atoms with Crippen LogP contribution in [-0.4, -0.2) is 23.8 Å². The lowest BCUT2D eigenvalue weighted by Crippen LogP contribution is -2.26. The van der Waals surface area contributed by atoms with Gasteiger partial charge in [0.05, 0.1) is 0 Å². The highest BCUT2D eigenvalue weighted by Gasteiger charge is 2.30. The zero-order valence-corrected chi connectivity index (χ0v) is 7.42. The van der Waals surface area contributed by atoms with Gasteiger partial charge in [-0.2, -0.15) is 0 Å². The van der Waals surface area contributed by atoms with Gasteiger partial charge < -0.3 is 0 Å². The van der Waals surface area contributed by atoms with E-state index in [1.807, 2.05) is 6.92 Å². The maximum atomic E-state index is 11.3. The fourth-order valence-electron chi connectivity index (χ4n) is 1.16. The fraction of sp³-hybridized carbons (Fsp3) is 0.333. The monoisotopic (exact) mass is 165 g/mol. The van der Waals surface area contributed by atoms with E-state index in [0.29, 0.717) is 11.1 Å². The van der Waals surface area contributed by atoms with Gasteiger partial charge in [0, 0.05) is 18.2 Å². The molecule has 0 saturated carbocycles. The maximum Gasteiger partial charge on any atom is 0.260 e. The second-order valence-electron chi connectivity index (χ2n) is 2.71. The molecule has 1 aliphatic heterocycles. The van der Waals surface area contributed by atoms with Crippen molar-refractivity contribution < 1.29 is 9.59 Å². The fourth-order valence-corrected chi connectivity index (χ4v) is 1.16. The minimum atomic E-state index is -0.212. The largest absolute Gasteiger partial charge is 0.278 e. The third-order valence-electron chi connectivity index (χ3n) is 1.90. The molecular weight excluding hydrogens is 154 g/mol. The number of imide groups is 1. The van der Waals surface area contributed by atoms with Crippen LogP contribution in [0.2, 0.25) is 0 Å². The number of carbonyl (C=O) groups is 2. The number of likely N-dealkylation sites (N-methyl/N-ethyl adjacent to an activating group) is 1. The number of hydrogen-bond acceptors (Lipinski definition) is 2. The van der Waals surface area contributed by atoms with Gasteiger partial charge in [-0.05, 0) is 13.8 Å². The molecule has 3 heteroatoms. The van der Waals surface area contributed by atoms with E-state index in [1.54, 1.807) is 19.1 Å². The molecule has 1 rings (SSSR count). The molecule has 0 aliphatic carbocycles. The topological polar surface area (TPSA) is 37.4 Å². The van der Waals surface area contributed by atoms with E-state index in [0.717, 1.165) is 4.90 Å². The molecule has 0 aromatic rings. The Labute approximate surface area is 71.4 Å². The Hall–Kier alpha value is -1.38. The number of carbonyl (C=O) groups excluding carboxylic acids is 2. The van der Waals surface area contributed by atoms with Crippen LogP contribution in [0.25, 0.3) is 0 Å². The van der Waals surface area contributed by atoms with Crippen molar-refractivity contribution in [3.05, 3.63) is 23.3 Å². The molecule has 0 radical (unpaired) electrons. The van der Waals surface area contributed by atoms with Crippen molar-refractivity contribution in [3.8, 4) is 0 Å². The van der Waals surface area contributed by atoms with Crippen LogP contribution in [0.3, 0.4) is 0 Å². The molecule has 0 unspecified atom stereocenters. The first-order valence-electron chi connectivity index (χ1n) is 3.75. The molecule has 3 nitrogen and oxygen atoms in total. The Balaban J connectivity index is 3.13. The highest BCUT2D eigenvalue weighted by Crippen LogP contribution is 2.19. The van der Waals surface area contributed by atoms with Crippen LogP contribution in [0.1, 0.15) is 13.8 Å². The summed E-state index contributed by atoms with van der Waals surface area (Å²) in [4.78, 5) is 23.7. The first-order valence-corrected chi connectivity index (χ1v) is 3.75. The molecule has 0 bridgehead atoms. The summed E-state index contributed by atoms with van der Waals surface area (Å²) in [5.41, 5.74) is 1.03. The number of amides is 2. The average Bonchev–Trinajstić information content (AvgIpc) is 2.23. The second-order valence-corrected chi connectivity index (χ2v) is 2.71. The molecule has 0 aromatic heterocycles. The highest BCUT2D eigenvalue weighted by molar-refractivity contribution is 6.20. The van der Waals surface area contributed by atoms with Crippen LogP contribution in [-0.2, 0) is 9.59 Å². The van der Waals surface area contributed by atoms with Gasteiger partial charge in [0.25, 0.3) is 11.8 Å². The minimum absolute atomic E-state index is 0.201. The zero-order valence-electron chi connectivity index (χ0n) is 7.42. The molecule has 0 atom stereocenters. The summed E-state index contributed by atoms with van der Waals surface area (Å²) >= 11 is 0. The summed E-state index contributed by atoms with van der Waals surface area (Å²) in [6.07, 6.45) is 3.42. The van der Waals surface area contributed by atoms with Crippen LogP contribution in [0.15, 0.2) is 23.3 Å². The summed E-state index contributed by atoms with van der Waals surface area (Å²) in [5.74, 6) is -0.413. The van der Waals surface area contributed by atoms with Gasteiger partial charge >= 0.3 is 0 Å². The molecule has 1 aliphatic rings. The number of nitrogens with zero attached hydrogens (tertiary/aromatic N) is 1. The lowest BCUT2D eigenvalue weighted by molar-refractivity contribution is -0.135. The summed E-state index contributed by atoms with van der Waals surface area (Å²) in [5, 5.41) is 0. The van der Waals surface area contributed by atoms with Crippen LogP contribution >= 0.6 is 0 Å². The van der Waals surface area contributed by atoms with Gasteiger partial charge in [-0.25, -0.2) is 0 Å². The summed E-state index contributed by atoms with van der Waals surface area (Å²) in [6, 6.07) is 0. The molecule has 2 amide bonds. The van der Waals surface area contributed by atoms with E-state index in [-0.39, 0.29) is 11.8 Å². The maximum absolute atomic E-state index is 11.3. The summed E-state index contributed by atoms with van der Waals surface area (Å²) < 4.78 is 0. The summed E-state index contributed by atoms with van der Waals surface area (Å²) in [6.45, 7) is 3.48. The lowest BCUT2D eigenvalue weighted by atomic mass is 10.1. The first-order chi connectivity index (χ1) is 5.59. The van der Waals surface area contributed by atoms with Crippen LogP contribution in [0.4, 0.5) is 0 Å². The van der Waals surface area contributed by atoms with Crippen molar-refractivity contribution in [3.63, 3.8) is 0 Å². The second kappa shape index (κ2) is 2.93. The van der Waals surface area contributed by atoms with E-state index in [2.05, 4.69) is 0 Å². The van der Waals surface area contributed by atoms with Crippen molar-refractivity contribution in [2.75, 3.05) is 7.05 Å². The minimum Gasteiger partial charge on any atom is -0.278 e. The molecule has 0 aromatic carbocycles. The van der Waals surface area contributed by atoms with Crippen LogP contribution in [0, 0.1) is 0 Å². The van der Waals surface area contributed by atoms with E-state index in [4.69, 9.17) is 0 Å². The van der Waals surface area contributed by atoms with Crippen LogP contribution < -0.4 is 0 Å². The molecule has 0 saturated heterocycles. The molecular formula is C9H11NO2. The van der Waals surface area contributed by atoms with E-state index in [1.165, 1.54) is 7.05 Å². The third-order valence-corrected chi connectivity index (χ3v) is 1.90. The molecule has 0 fully saturated rings. The van der Waals surface area contributed by atoms with Gasteiger partial charge in [0.2, 0.25) is 0 Å². The Morgan fingerprint density at radius 2 is 1.83 bits per heavy atom. The number of rotatable bonds is 1. The Morgan fingerprint density at radius 3 is 2.17 bits per heavy atom. The molecule has 1 heterocycles. The van der Waals surface area contributed by atoms with Gasteiger partial charge in [0.1, 0.15) is 0 Å². The van der Waals surface area contributed by atoms with Crippen LogP contribution in [0.5, 0.6) is 0 Å². The number of allylic oxidation sites excluding steroid dienone is 1. The predicted molar refractivity (Wildman–Crippen MR) is 45.3 cm³/mol. The molecule has 12 heavy (non-hydrogen) atoms. The van der Waals surface area contributed by atoms with Gasteiger partial charge in [0.15, 0.2) is 0 Å². The SMILES string of the molecule is CC=CC1=C(C)C(=O)N(C)C1=O.